The Morgan fingerprint density at radius 3 is 2.87 bits per heavy atom. The number of hydrogen-bond donors (Lipinski definition) is 0. The Labute approximate surface area is 94.2 Å². The topological polar surface area (TPSA) is 26.3 Å². The Bertz CT molecular complexity index is 387. The molecule has 0 N–H and O–H groups in total. The predicted octanol–water partition coefficient (Wildman–Crippen LogP) is 3.19. The van der Waals surface area contributed by atoms with Gasteiger partial charge in [-0.05, 0) is 31.0 Å². The zero-order valence-corrected chi connectivity index (χ0v) is 9.38. The maximum absolute atomic E-state index is 11.7. The van der Waals surface area contributed by atoms with E-state index in [1.807, 2.05) is 12.1 Å². The number of Topliss-reactive ketones (excluding diaryl/α,β-unsaturated/α-hetero) is 1. The lowest BCUT2D eigenvalue weighted by atomic mass is 9.96. The highest BCUT2D eigenvalue weighted by Gasteiger charge is 2.28. The van der Waals surface area contributed by atoms with Crippen LogP contribution in [0.25, 0.3) is 0 Å². The van der Waals surface area contributed by atoms with Crippen LogP contribution < -0.4 is 4.74 Å². The van der Waals surface area contributed by atoms with Gasteiger partial charge in [-0.25, -0.2) is 0 Å². The Balaban J connectivity index is 2.40. The lowest BCUT2D eigenvalue weighted by molar-refractivity contribution is -0.118. The summed E-state index contributed by atoms with van der Waals surface area (Å²) in [6.07, 6.45) is 2.56. The van der Waals surface area contributed by atoms with Crippen LogP contribution >= 0.6 is 11.6 Å². The van der Waals surface area contributed by atoms with Crippen molar-refractivity contribution in [1.82, 2.24) is 0 Å². The third kappa shape index (κ3) is 2.00. The molecule has 1 fully saturated rings. The van der Waals surface area contributed by atoms with Crippen molar-refractivity contribution < 1.29 is 9.53 Å². The number of halogens is 1. The molecule has 0 heterocycles. The largest absolute Gasteiger partial charge is 0.496 e. The van der Waals surface area contributed by atoms with E-state index in [0.29, 0.717) is 17.2 Å². The molecule has 80 valence electrons. The number of ether oxygens (including phenoxy) is 1. The van der Waals surface area contributed by atoms with Crippen LogP contribution in [0.2, 0.25) is 5.02 Å². The summed E-state index contributed by atoms with van der Waals surface area (Å²) in [6, 6.07) is 5.45. The number of carbonyl (C=O) groups excluding carboxylic acids is 1. The normalized spacial score (nSPS) is 20.7. The molecule has 0 spiro atoms. The lowest BCUT2D eigenvalue weighted by Crippen LogP contribution is -2.06. The second kappa shape index (κ2) is 4.23. The molecule has 2 nitrogen and oxygen atoms in total. The average Bonchev–Trinajstić information content (AvgIpc) is 2.64. The van der Waals surface area contributed by atoms with Crippen LogP contribution in [0.15, 0.2) is 18.2 Å². The fourth-order valence-electron chi connectivity index (χ4n) is 2.12. The van der Waals surface area contributed by atoms with Crippen molar-refractivity contribution >= 4 is 17.4 Å². The molecule has 0 aliphatic heterocycles. The van der Waals surface area contributed by atoms with Crippen molar-refractivity contribution in [3.05, 3.63) is 28.8 Å². The van der Waals surface area contributed by atoms with Crippen molar-refractivity contribution in [3.63, 3.8) is 0 Å². The molecule has 1 aliphatic carbocycles. The molecule has 1 aromatic carbocycles. The zero-order valence-electron chi connectivity index (χ0n) is 8.63. The van der Waals surface area contributed by atoms with Gasteiger partial charge in [0.15, 0.2) is 0 Å². The van der Waals surface area contributed by atoms with Crippen LogP contribution in [0.4, 0.5) is 0 Å². The first-order valence-corrected chi connectivity index (χ1v) is 5.46. The van der Waals surface area contributed by atoms with E-state index in [-0.39, 0.29) is 5.92 Å². The van der Waals surface area contributed by atoms with E-state index in [0.717, 1.165) is 24.2 Å². The van der Waals surface area contributed by atoms with Crippen molar-refractivity contribution in [3.8, 4) is 5.75 Å². The Morgan fingerprint density at radius 2 is 2.27 bits per heavy atom. The van der Waals surface area contributed by atoms with Gasteiger partial charge in [0.1, 0.15) is 11.5 Å². The first kappa shape index (κ1) is 10.5. The van der Waals surface area contributed by atoms with Crippen molar-refractivity contribution in [2.75, 3.05) is 7.11 Å². The van der Waals surface area contributed by atoms with Crippen LogP contribution in [0.3, 0.4) is 0 Å². The van der Waals surface area contributed by atoms with Crippen LogP contribution in [0, 0.1) is 0 Å². The fraction of sp³-hybridized carbons (Fsp3) is 0.417. The van der Waals surface area contributed by atoms with E-state index < -0.39 is 0 Å². The predicted molar refractivity (Wildman–Crippen MR) is 59.6 cm³/mol. The van der Waals surface area contributed by atoms with Gasteiger partial charge in [0, 0.05) is 22.9 Å². The van der Waals surface area contributed by atoms with Gasteiger partial charge >= 0.3 is 0 Å². The molecule has 2 rings (SSSR count). The molecule has 0 aromatic heterocycles. The van der Waals surface area contributed by atoms with E-state index >= 15 is 0 Å². The summed E-state index contributed by atoms with van der Waals surface area (Å²) in [5.74, 6) is 1.05. The van der Waals surface area contributed by atoms with Crippen molar-refractivity contribution in [1.29, 1.82) is 0 Å². The molecular formula is C12H13ClO2. The standard InChI is InChI=1S/C12H13ClO2/c1-15-12-6-5-8(13)7-10(12)9-3-2-4-11(9)14/h5-7,9H,2-4H2,1H3. The number of ketones is 1. The molecule has 15 heavy (non-hydrogen) atoms. The molecule has 1 unspecified atom stereocenters. The maximum atomic E-state index is 11.7. The number of hydrogen-bond acceptors (Lipinski definition) is 2. The van der Waals surface area contributed by atoms with Gasteiger partial charge in [-0.3, -0.25) is 4.79 Å². The van der Waals surface area contributed by atoms with Gasteiger partial charge in [0.2, 0.25) is 0 Å². The molecule has 1 aromatic rings. The minimum Gasteiger partial charge on any atom is -0.496 e. The van der Waals surface area contributed by atoms with Gasteiger partial charge in [0.25, 0.3) is 0 Å². The Hall–Kier alpha value is -1.02. The number of methoxy groups -OCH3 is 1. The Morgan fingerprint density at radius 1 is 1.47 bits per heavy atom. The summed E-state index contributed by atoms with van der Waals surface area (Å²) in [7, 11) is 1.62. The van der Waals surface area contributed by atoms with Gasteiger partial charge in [-0.15, -0.1) is 0 Å². The molecule has 0 radical (unpaired) electrons. The second-order valence-electron chi connectivity index (χ2n) is 3.80. The van der Waals surface area contributed by atoms with Crippen LogP contribution in [0.1, 0.15) is 30.7 Å². The minimum atomic E-state index is -0.0151. The summed E-state index contributed by atoms with van der Waals surface area (Å²) < 4.78 is 5.25. The van der Waals surface area contributed by atoms with Crippen LogP contribution in [-0.2, 0) is 4.79 Å². The van der Waals surface area contributed by atoms with Crippen molar-refractivity contribution in [2.45, 2.75) is 25.2 Å². The van der Waals surface area contributed by atoms with E-state index in [2.05, 4.69) is 0 Å². The smallest absolute Gasteiger partial charge is 0.140 e. The number of benzene rings is 1. The highest BCUT2D eigenvalue weighted by atomic mass is 35.5. The summed E-state index contributed by atoms with van der Waals surface area (Å²) in [4.78, 5) is 11.7. The fourth-order valence-corrected chi connectivity index (χ4v) is 2.30. The summed E-state index contributed by atoms with van der Waals surface area (Å²) >= 11 is 5.93. The molecule has 0 saturated heterocycles. The molecule has 1 atom stereocenters. The molecule has 0 amide bonds. The summed E-state index contributed by atoms with van der Waals surface area (Å²) in [5.41, 5.74) is 0.938. The minimum absolute atomic E-state index is 0.0151. The maximum Gasteiger partial charge on any atom is 0.140 e. The van der Waals surface area contributed by atoms with Gasteiger partial charge in [-0.2, -0.15) is 0 Å². The third-order valence-corrected chi connectivity index (χ3v) is 3.11. The quantitative estimate of drug-likeness (QED) is 0.771. The van der Waals surface area contributed by atoms with E-state index in [1.165, 1.54) is 0 Å². The van der Waals surface area contributed by atoms with Crippen LogP contribution in [0.5, 0.6) is 5.75 Å². The molecule has 3 heteroatoms. The highest BCUT2D eigenvalue weighted by molar-refractivity contribution is 6.30. The zero-order chi connectivity index (χ0) is 10.8. The first-order valence-electron chi connectivity index (χ1n) is 5.08. The number of rotatable bonds is 2. The molecular weight excluding hydrogens is 212 g/mol. The highest BCUT2D eigenvalue weighted by Crippen LogP contribution is 2.37. The molecule has 0 bridgehead atoms. The molecule has 1 aliphatic rings. The average molecular weight is 225 g/mol. The van der Waals surface area contributed by atoms with E-state index in [4.69, 9.17) is 16.3 Å². The van der Waals surface area contributed by atoms with Crippen molar-refractivity contribution in [2.24, 2.45) is 0 Å². The summed E-state index contributed by atoms with van der Waals surface area (Å²) in [5, 5.41) is 0.658. The number of carbonyl (C=O) groups is 1. The molecule has 1 saturated carbocycles. The summed E-state index contributed by atoms with van der Waals surface area (Å²) in [6.45, 7) is 0. The van der Waals surface area contributed by atoms with Gasteiger partial charge in [0.05, 0.1) is 7.11 Å². The Kier molecular flexibility index (Phi) is 2.96. The lowest BCUT2D eigenvalue weighted by Gasteiger charge is -2.13. The van der Waals surface area contributed by atoms with Gasteiger partial charge < -0.3 is 4.74 Å². The van der Waals surface area contributed by atoms with Crippen LogP contribution in [-0.4, -0.2) is 12.9 Å². The SMILES string of the molecule is COc1ccc(Cl)cc1C1CCCC1=O. The second-order valence-corrected chi connectivity index (χ2v) is 4.23. The van der Waals surface area contributed by atoms with E-state index in [1.54, 1.807) is 13.2 Å². The van der Waals surface area contributed by atoms with Gasteiger partial charge in [-0.1, -0.05) is 11.6 Å². The first-order chi connectivity index (χ1) is 7.22. The third-order valence-electron chi connectivity index (χ3n) is 2.87. The monoisotopic (exact) mass is 224 g/mol. The van der Waals surface area contributed by atoms with E-state index in [9.17, 15) is 4.79 Å².